The summed E-state index contributed by atoms with van der Waals surface area (Å²) >= 11 is 0. The molecule has 29 heavy (non-hydrogen) atoms. The van der Waals surface area contributed by atoms with E-state index in [2.05, 4.69) is 47.6 Å². The topological polar surface area (TPSA) is 20.2 Å². The molecule has 1 N–H and O–H groups in total. The zero-order valence-electron chi connectivity index (χ0n) is 20.1. The second-order valence-electron chi connectivity index (χ2n) is 12.1. The molecule has 0 saturated heterocycles. The molecule has 0 bridgehead atoms. The predicted octanol–water partition coefficient (Wildman–Crippen LogP) is 7.70. The standard InChI is InChI=1S/C28H46O/c1-18(2)8-7-9-19(3)22-12-13-24-21-10-11-23-20(4)26(29)15-17-28(23,6)25(21)14-16-27(22,24)5/h8,19-20,22-23,25-26,29H,7,9-17H2,1-6H3/t19-,20?,22-,23?,25+,26?,27-,28+/m1/s1. The Morgan fingerprint density at radius 3 is 2.59 bits per heavy atom. The summed E-state index contributed by atoms with van der Waals surface area (Å²) in [6, 6.07) is 0. The second kappa shape index (κ2) is 7.85. The first kappa shape index (κ1) is 21.7. The summed E-state index contributed by atoms with van der Waals surface area (Å²) in [5.74, 6) is 3.74. The minimum Gasteiger partial charge on any atom is -0.393 e. The molecular weight excluding hydrogens is 352 g/mol. The number of allylic oxidation sites excluding steroid dienone is 4. The van der Waals surface area contributed by atoms with E-state index in [-0.39, 0.29) is 6.10 Å². The van der Waals surface area contributed by atoms with Gasteiger partial charge in [0.1, 0.15) is 0 Å². The van der Waals surface area contributed by atoms with Crippen LogP contribution in [0.3, 0.4) is 0 Å². The van der Waals surface area contributed by atoms with Gasteiger partial charge in [-0.05, 0) is 118 Å². The van der Waals surface area contributed by atoms with Crippen LogP contribution in [0.5, 0.6) is 0 Å². The first-order valence-corrected chi connectivity index (χ1v) is 12.7. The minimum atomic E-state index is -0.0614. The lowest BCUT2D eigenvalue weighted by Gasteiger charge is -2.58. The Bertz CT molecular complexity index is 682. The lowest BCUT2D eigenvalue weighted by Crippen LogP contribution is -2.51. The van der Waals surface area contributed by atoms with Gasteiger partial charge in [-0.1, -0.05) is 50.5 Å². The van der Waals surface area contributed by atoms with Gasteiger partial charge in [0.05, 0.1) is 6.10 Å². The predicted molar refractivity (Wildman–Crippen MR) is 124 cm³/mol. The SMILES string of the molecule is CC(C)=CCC[C@@H](C)[C@H]1CCC2=C3CCC4C(C)C(O)CC[C@]4(C)[C@H]3CC[C@@]21C. The average molecular weight is 399 g/mol. The van der Waals surface area contributed by atoms with Crippen LogP contribution in [0.25, 0.3) is 0 Å². The summed E-state index contributed by atoms with van der Waals surface area (Å²) in [5.41, 5.74) is 6.19. The van der Waals surface area contributed by atoms with Gasteiger partial charge in [0, 0.05) is 0 Å². The fraction of sp³-hybridized carbons (Fsp3) is 0.857. The molecule has 1 nitrogen and oxygen atoms in total. The van der Waals surface area contributed by atoms with Crippen molar-refractivity contribution >= 4 is 0 Å². The van der Waals surface area contributed by atoms with Crippen molar-refractivity contribution < 1.29 is 5.11 Å². The Labute approximate surface area is 180 Å². The van der Waals surface area contributed by atoms with E-state index in [0.29, 0.717) is 16.7 Å². The Morgan fingerprint density at radius 2 is 1.86 bits per heavy atom. The molecule has 4 rings (SSSR count). The summed E-state index contributed by atoms with van der Waals surface area (Å²) in [7, 11) is 0. The maximum atomic E-state index is 10.5. The molecule has 0 radical (unpaired) electrons. The van der Waals surface area contributed by atoms with Crippen LogP contribution in [-0.2, 0) is 0 Å². The number of aliphatic hydroxyl groups excluding tert-OH is 1. The van der Waals surface area contributed by atoms with E-state index < -0.39 is 0 Å². The molecule has 3 fully saturated rings. The number of hydrogen-bond donors (Lipinski definition) is 1. The molecule has 4 aliphatic carbocycles. The molecule has 3 saturated carbocycles. The van der Waals surface area contributed by atoms with Gasteiger partial charge in [-0.25, -0.2) is 0 Å². The molecule has 0 aromatic rings. The largest absolute Gasteiger partial charge is 0.393 e. The third-order valence-electron chi connectivity index (χ3n) is 10.4. The summed E-state index contributed by atoms with van der Waals surface area (Å²) in [6.45, 7) is 14.6. The highest BCUT2D eigenvalue weighted by Crippen LogP contribution is 2.66. The molecule has 8 atom stereocenters. The molecule has 0 aliphatic heterocycles. The van der Waals surface area contributed by atoms with Crippen LogP contribution in [0.4, 0.5) is 0 Å². The van der Waals surface area contributed by atoms with Crippen molar-refractivity contribution in [1.82, 2.24) is 0 Å². The van der Waals surface area contributed by atoms with Gasteiger partial charge in [-0.2, -0.15) is 0 Å². The Morgan fingerprint density at radius 1 is 1.10 bits per heavy atom. The molecule has 0 spiro atoms. The van der Waals surface area contributed by atoms with Gasteiger partial charge in [0.25, 0.3) is 0 Å². The lowest BCUT2D eigenvalue weighted by atomic mass is 9.47. The summed E-state index contributed by atoms with van der Waals surface area (Å²) < 4.78 is 0. The highest BCUT2D eigenvalue weighted by molar-refractivity contribution is 5.35. The van der Waals surface area contributed by atoms with Gasteiger partial charge >= 0.3 is 0 Å². The fourth-order valence-corrected chi connectivity index (χ4v) is 8.73. The zero-order valence-corrected chi connectivity index (χ0v) is 20.1. The van der Waals surface area contributed by atoms with E-state index >= 15 is 0 Å². The Kier molecular flexibility index (Phi) is 5.86. The maximum Gasteiger partial charge on any atom is 0.0568 e. The van der Waals surface area contributed by atoms with E-state index in [1.807, 2.05) is 11.1 Å². The molecule has 3 unspecified atom stereocenters. The molecule has 0 amide bonds. The van der Waals surface area contributed by atoms with Gasteiger partial charge in [0.15, 0.2) is 0 Å². The van der Waals surface area contributed by atoms with Gasteiger partial charge in [0.2, 0.25) is 0 Å². The van der Waals surface area contributed by atoms with Crippen molar-refractivity contribution in [2.75, 3.05) is 0 Å². The van der Waals surface area contributed by atoms with Crippen molar-refractivity contribution in [1.29, 1.82) is 0 Å². The molecule has 0 aromatic carbocycles. The molecule has 0 aromatic heterocycles. The van der Waals surface area contributed by atoms with Crippen LogP contribution >= 0.6 is 0 Å². The number of hydrogen-bond acceptors (Lipinski definition) is 1. The molecule has 4 aliphatic rings. The fourth-order valence-electron chi connectivity index (χ4n) is 8.73. The zero-order chi connectivity index (χ0) is 21.0. The highest BCUT2D eigenvalue weighted by atomic mass is 16.3. The normalized spacial score (nSPS) is 45.3. The summed E-state index contributed by atoms with van der Waals surface area (Å²) in [4.78, 5) is 0. The van der Waals surface area contributed by atoms with Gasteiger partial charge in [-0.15, -0.1) is 0 Å². The quantitative estimate of drug-likeness (QED) is 0.481. The van der Waals surface area contributed by atoms with Crippen LogP contribution in [0.1, 0.15) is 106 Å². The van der Waals surface area contributed by atoms with Crippen molar-refractivity contribution in [2.45, 2.75) is 112 Å². The van der Waals surface area contributed by atoms with Gasteiger partial charge < -0.3 is 5.11 Å². The van der Waals surface area contributed by atoms with E-state index in [4.69, 9.17) is 0 Å². The molecule has 1 heteroatoms. The number of fused-ring (bicyclic) bond motifs is 4. The van der Waals surface area contributed by atoms with Crippen molar-refractivity contribution in [3.8, 4) is 0 Å². The maximum absolute atomic E-state index is 10.5. The third-order valence-corrected chi connectivity index (χ3v) is 10.4. The summed E-state index contributed by atoms with van der Waals surface area (Å²) in [6.07, 6.45) is 15.5. The van der Waals surface area contributed by atoms with E-state index in [9.17, 15) is 5.11 Å². The van der Waals surface area contributed by atoms with Crippen molar-refractivity contribution in [2.24, 2.45) is 40.4 Å². The van der Waals surface area contributed by atoms with Crippen molar-refractivity contribution in [3.63, 3.8) is 0 Å². The Hall–Kier alpha value is -0.560. The monoisotopic (exact) mass is 398 g/mol. The lowest BCUT2D eigenvalue weighted by molar-refractivity contribution is -0.0779. The second-order valence-corrected chi connectivity index (χ2v) is 12.1. The van der Waals surface area contributed by atoms with Crippen LogP contribution in [-0.4, -0.2) is 11.2 Å². The van der Waals surface area contributed by atoms with E-state index in [1.165, 1.54) is 63.4 Å². The van der Waals surface area contributed by atoms with E-state index in [0.717, 1.165) is 30.1 Å². The smallest absolute Gasteiger partial charge is 0.0568 e. The first-order chi connectivity index (χ1) is 13.7. The average Bonchev–Trinajstić information content (AvgIpc) is 3.02. The third kappa shape index (κ3) is 3.48. The van der Waals surface area contributed by atoms with Crippen LogP contribution < -0.4 is 0 Å². The molecular formula is C28H46O. The first-order valence-electron chi connectivity index (χ1n) is 12.7. The number of aliphatic hydroxyl groups is 1. The minimum absolute atomic E-state index is 0.0614. The van der Waals surface area contributed by atoms with Gasteiger partial charge in [-0.3, -0.25) is 0 Å². The Balaban J connectivity index is 1.57. The van der Waals surface area contributed by atoms with Crippen LogP contribution in [0.15, 0.2) is 22.8 Å². The molecule has 0 heterocycles. The van der Waals surface area contributed by atoms with Crippen molar-refractivity contribution in [3.05, 3.63) is 22.8 Å². The molecule has 164 valence electrons. The highest BCUT2D eigenvalue weighted by Gasteiger charge is 2.56. The van der Waals surface area contributed by atoms with E-state index in [1.54, 1.807) is 0 Å². The van der Waals surface area contributed by atoms with Crippen LogP contribution in [0.2, 0.25) is 0 Å². The summed E-state index contributed by atoms with van der Waals surface area (Å²) in [5, 5.41) is 10.5. The number of rotatable bonds is 4. The van der Waals surface area contributed by atoms with Crippen LogP contribution in [0, 0.1) is 40.4 Å².